The number of aromatic nitrogens is 2. The molecule has 1 aromatic carbocycles. The maximum Gasteiger partial charge on any atom is 0.182 e. The van der Waals surface area contributed by atoms with Crippen LogP contribution in [0, 0.1) is 4.77 Å². The zero-order valence-electron chi connectivity index (χ0n) is 9.95. The van der Waals surface area contributed by atoms with Crippen molar-refractivity contribution in [2.75, 3.05) is 6.26 Å². The van der Waals surface area contributed by atoms with Crippen molar-refractivity contribution in [3.63, 3.8) is 0 Å². The van der Waals surface area contributed by atoms with Crippen LogP contribution in [-0.4, -0.2) is 24.2 Å². The fourth-order valence-corrected chi connectivity index (χ4v) is 3.83. The van der Waals surface area contributed by atoms with Gasteiger partial charge in [-0.2, -0.15) is 11.3 Å². The molecule has 0 atom stereocenters. The third-order valence-electron chi connectivity index (χ3n) is 2.84. The van der Waals surface area contributed by atoms with E-state index >= 15 is 0 Å². The minimum Gasteiger partial charge on any atom is -0.329 e. The molecule has 0 saturated carbocycles. The molecule has 0 saturated heterocycles. The van der Waals surface area contributed by atoms with Gasteiger partial charge in [0.2, 0.25) is 0 Å². The van der Waals surface area contributed by atoms with Crippen molar-refractivity contribution in [3.05, 3.63) is 39.8 Å². The summed E-state index contributed by atoms with van der Waals surface area (Å²) in [5.74, 6) is 0. The molecule has 7 heteroatoms. The molecule has 4 nitrogen and oxygen atoms in total. The summed E-state index contributed by atoms with van der Waals surface area (Å²) < 4.78 is 25.9. The molecule has 0 amide bonds. The average Bonchev–Trinajstić information content (AvgIpc) is 2.92. The predicted molar refractivity (Wildman–Crippen MR) is 79.4 cm³/mol. The maximum atomic E-state index is 11.8. The summed E-state index contributed by atoms with van der Waals surface area (Å²) in [6.45, 7) is 0. The molecule has 0 aliphatic rings. The number of benzene rings is 1. The number of nitrogens with zero attached hydrogens (tertiary/aromatic N) is 1. The standard InChI is InChI=1S/C12H10N2O2S3/c1-19(15,16)10-4-2-3-9-11(10)13-12(17)14(9)8-5-6-18-7-8/h2-7H,1H3,(H,13,17). The molecule has 3 rings (SSSR count). The number of sulfone groups is 1. The van der Waals surface area contributed by atoms with Crippen molar-refractivity contribution in [2.45, 2.75) is 4.90 Å². The Labute approximate surface area is 119 Å². The number of nitrogens with one attached hydrogen (secondary N) is 1. The first-order chi connectivity index (χ1) is 8.98. The highest BCUT2D eigenvalue weighted by Gasteiger charge is 2.16. The SMILES string of the molecule is CS(=O)(=O)c1cccc2c1[nH]c(=S)n2-c1ccsc1. The molecule has 0 spiro atoms. The van der Waals surface area contributed by atoms with Gasteiger partial charge >= 0.3 is 0 Å². The first-order valence-electron chi connectivity index (χ1n) is 5.45. The molecule has 0 radical (unpaired) electrons. The van der Waals surface area contributed by atoms with Gasteiger partial charge in [0.1, 0.15) is 0 Å². The van der Waals surface area contributed by atoms with Gasteiger partial charge in [-0.05, 0) is 35.8 Å². The number of thiophene rings is 1. The summed E-state index contributed by atoms with van der Waals surface area (Å²) in [6, 6.07) is 7.11. The number of hydrogen-bond donors (Lipinski definition) is 1. The van der Waals surface area contributed by atoms with Gasteiger partial charge in [-0.15, -0.1) is 0 Å². The predicted octanol–water partition coefficient (Wildman–Crippen LogP) is 3.15. The van der Waals surface area contributed by atoms with E-state index in [1.165, 1.54) is 6.26 Å². The van der Waals surface area contributed by atoms with Crippen LogP contribution < -0.4 is 0 Å². The van der Waals surface area contributed by atoms with Crippen molar-refractivity contribution in [1.29, 1.82) is 0 Å². The second-order valence-electron chi connectivity index (χ2n) is 4.17. The highest BCUT2D eigenvalue weighted by atomic mass is 32.2. The van der Waals surface area contributed by atoms with Gasteiger partial charge in [-0.3, -0.25) is 4.57 Å². The normalized spacial score (nSPS) is 12.1. The number of H-pyrrole nitrogens is 1. The van der Waals surface area contributed by atoms with Crippen LogP contribution >= 0.6 is 23.6 Å². The van der Waals surface area contributed by atoms with E-state index in [4.69, 9.17) is 12.2 Å². The molecule has 98 valence electrons. The van der Waals surface area contributed by atoms with Crippen LogP contribution in [0.1, 0.15) is 0 Å². The number of fused-ring (bicyclic) bond motifs is 1. The van der Waals surface area contributed by atoms with Crippen molar-refractivity contribution in [3.8, 4) is 5.69 Å². The van der Waals surface area contributed by atoms with Crippen LogP contribution in [0.5, 0.6) is 0 Å². The molecule has 0 aliphatic heterocycles. The van der Waals surface area contributed by atoms with Crippen molar-refractivity contribution < 1.29 is 8.42 Å². The van der Waals surface area contributed by atoms with E-state index in [0.29, 0.717) is 10.3 Å². The van der Waals surface area contributed by atoms with E-state index in [-0.39, 0.29) is 4.90 Å². The van der Waals surface area contributed by atoms with Gasteiger partial charge < -0.3 is 4.98 Å². The molecule has 1 N–H and O–H groups in total. The van der Waals surface area contributed by atoms with Crippen molar-refractivity contribution in [1.82, 2.24) is 9.55 Å². The molecule has 0 aliphatic carbocycles. The van der Waals surface area contributed by atoms with E-state index in [1.807, 2.05) is 27.5 Å². The van der Waals surface area contributed by atoms with Gasteiger partial charge in [0, 0.05) is 11.6 Å². The lowest BCUT2D eigenvalue weighted by molar-refractivity contribution is 0.602. The van der Waals surface area contributed by atoms with Crippen molar-refractivity contribution >= 4 is 44.4 Å². The van der Waals surface area contributed by atoms with E-state index in [9.17, 15) is 8.42 Å². The molecule has 0 bridgehead atoms. The zero-order chi connectivity index (χ0) is 13.6. The van der Waals surface area contributed by atoms with Crippen molar-refractivity contribution in [2.24, 2.45) is 0 Å². The fourth-order valence-electron chi connectivity index (χ4n) is 2.05. The Morgan fingerprint density at radius 1 is 1.32 bits per heavy atom. The van der Waals surface area contributed by atoms with Gasteiger partial charge in [0.05, 0.1) is 21.6 Å². The monoisotopic (exact) mass is 310 g/mol. The van der Waals surface area contributed by atoms with Gasteiger partial charge in [0.15, 0.2) is 14.6 Å². The van der Waals surface area contributed by atoms with Crippen LogP contribution in [0.15, 0.2) is 39.9 Å². The second kappa shape index (κ2) is 4.29. The summed E-state index contributed by atoms with van der Waals surface area (Å²) >= 11 is 6.87. The largest absolute Gasteiger partial charge is 0.329 e. The van der Waals surface area contributed by atoms with Crippen LogP contribution in [0.4, 0.5) is 0 Å². The van der Waals surface area contributed by atoms with Crippen LogP contribution in [-0.2, 0) is 9.84 Å². The van der Waals surface area contributed by atoms with E-state index < -0.39 is 9.84 Å². The average molecular weight is 310 g/mol. The number of hydrogen-bond acceptors (Lipinski definition) is 4. The molecule has 0 fully saturated rings. The number of para-hydroxylation sites is 1. The summed E-state index contributed by atoms with van der Waals surface area (Å²) in [5, 5.41) is 3.92. The highest BCUT2D eigenvalue weighted by molar-refractivity contribution is 7.91. The summed E-state index contributed by atoms with van der Waals surface area (Å²) in [6.07, 6.45) is 1.20. The number of aromatic amines is 1. The molecule has 2 aromatic heterocycles. The smallest absolute Gasteiger partial charge is 0.182 e. The minimum atomic E-state index is -3.29. The summed E-state index contributed by atoms with van der Waals surface area (Å²) in [5.41, 5.74) is 2.26. The summed E-state index contributed by atoms with van der Waals surface area (Å²) in [4.78, 5) is 3.26. The van der Waals surface area contributed by atoms with Crippen LogP contribution in [0.2, 0.25) is 0 Å². The molecule has 2 heterocycles. The Morgan fingerprint density at radius 2 is 2.11 bits per heavy atom. The van der Waals surface area contributed by atoms with Crippen LogP contribution in [0.25, 0.3) is 16.7 Å². The third-order valence-corrected chi connectivity index (χ3v) is 4.94. The Bertz CT molecular complexity index is 902. The third kappa shape index (κ3) is 2.03. The fraction of sp³-hybridized carbons (Fsp3) is 0.0833. The van der Waals surface area contributed by atoms with Gasteiger partial charge in [0.25, 0.3) is 0 Å². The number of rotatable bonds is 2. The quantitative estimate of drug-likeness (QED) is 0.740. The number of imidazole rings is 1. The van der Waals surface area contributed by atoms with Gasteiger partial charge in [-0.25, -0.2) is 8.42 Å². The highest BCUT2D eigenvalue weighted by Crippen LogP contribution is 2.26. The molecular formula is C12H10N2O2S3. The first-order valence-corrected chi connectivity index (χ1v) is 8.69. The Kier molecular flexibility index (Phi) is 2.84. The van der Waals surface area contributed by atoms with E-state index in [0.717, 1.165) is 11.2 Å². The zero-order valence-corrected chi connectivity index (χ0v) is 12.4. The van der Waals surface area contributed by atoms with Crippen LogP contribution in [0.3, 0.4) is 0 Å². The second-order valence-corrected chi connectivity index (χ2v) is 7.32. The van der Waals surface area contributed by atoms with Gasteiger partial charge in [-0.1, -0.05) is 6.07 Å². The maximum absolute atomic E-state index is 11.8. The minimum absolute atomic E-state index is 0.269. The topological polar surface area (TPSA) is 54.9 Å². The van der Waals surface area contributed by atoms with E-state index in [2.05, 4.69) is 4.98 Å². The molecule has 19 heavy (non-hydrogen) atoms. The lowest BCUT2D eigenvalue weighted by Crippen LogP contribution is -1.98. The Balaban J connectivity index is 2.46. The molecule has 3 aromatic rings. The lowest BCUT2D eigenvalue weighted by Gasteiger charge is -2.02. The Morgan fingerprint density at radius 3 is 2.74 bits per heavy atom. The lowest BCUT2D eigenvalue weighted by atomic mass is 10.3. The molecular weight excluding hydrogens is 300 g/mol. The van der Waals surface area contributed by atoms with E-state index in [1.54, 1.807) is 23.5 Å². The first kappa shape index (κ1) is 12.6. The summed E-state index contributed by atoms with van der Waals surface area (Å²) in [7, 11) is -3.29. The molecule has 0 unspecified atom stereocenters. The Hall–Kier alpha value is -1.44.